The van der Waals surface area contributed by atoms with Crippen molar-refractivity contribution in [2.75, 3.05) is 30.8 Å². The van der Waals surface area contributed by atoms with E-state index < -0.39 is 22.1 Å². The van der Waals surface area contributed by atoms with Crippen molar-refractivity contribution >= 4 is 38.4 Å². The molecule has 0 radical (unpaired) electrons. The Bertz CT molecular complexity index is 1850. The zero-order chi connectivity index (χ0) is 30.8. The number of anilines is 1. The molecule has 11 nitrogen and oxygen atoms in total. The maximum absolute atomic E-state index is 13.8. The molecule has 1 saturated heterocycles. The van der Waals surface area contributed by atoms with E-state index in [0.717, 1.165) is 37.6 Å². The summed E-state index contributed by atoms with van der Waals surface area (Å²) in [4.78, 5) is 24.6. The van der Waals surface area contributed by atoms with E-state index in [1.165, 1.54) is 13.2 Å². The van der Waals surface area contributed by atoms with Crippen molar-refractivity contribution in [3.63, 3.8) is 0 Å². The number of amides is 1. The molecule has 2 fully saturated rings. The molecular formula is C29H35F2N7O4S. The predicted molar refractivity (Wildman–Crippen MR) is 159 cm³/mol. The lowest BCUT2D eigenvalue weighted by Gasteiger charge is -2.37. The number of fused-ring (bicyclic) bond motifs is 2. The molecule has 1 amide bonds. The van der Waals surface area contributed by atoms with Crippen LogP contribution in [-0.4, -0.2) is 76.7 Å². The first-order valence-electron chi connectivity index (χ1n) is 14.2. The van der Waals surface area contributed by atoms with Gasteiger partial charge < -0.3 is 19.9 Å². The zero-order valence-corrected chi connectivity index (χ0v) is 25.4. The highest BCUT2D eigenvalue weighted by Gasteiger charge is 2.32. The van der Waals surface area contributed by atoms with Crippen LogP contribution in [0.3, 0.4) is 0 Å². The molecule has 0 spiro atoms. The van der Waals surface area contributed by atoms with Gasteiger partial charge in [-0.2, -0.15) is 13.1 Å². The number of likely N-dealkylation sites (tertiary alicyclic amines) is 1. The van der Waals surface area contributed by atoms with Gasteiger partial charge in [0.1, 0.15) is 22.8 Å². The van der Waals surface area contributed by atoms with Crippen LogP contribution in [0.4, 0.5) is 14.6 Å². The summed E-state index contributed by atoms with van der Waals surface area (Å²) in [6, 6.07) is 8.20. The molecule has 2 N–H and O–H groups in total. The molecule has 14 heteroatoms. The Kier molecular flexibility index (Phi) is 7.11. The summed E-state index contributed by atoms with van der Waals surface area (Å²) in [5.41, 5.74) is 9.33. The number of piperidine rings is 1. The molecular weight excluding hydrogens is 580 g/mol. The minimum atomic E-state index is -4.27. The van der Waals surface area contributed by atoms with E-state index in [4.69, 9.17) is 15.5 Å². The molecule has 1 atom stereocenters. The largest absolute Gasteiger partial charge is 0.482 e. The monoisotopic (exact) mass is 615 g/mol. The van der Waals surface area contributed by atoms with Gasteiger partial charge in [-0.3, -0.25) is 9.20 Å². The predicted octanol–water partition coefficient (Wildman–Crippen LogP) is 4.02. The van der Waals surface area contributed by atoms with Crippen LogP contribution in [-0.2, 0) is 16.6 Å². The number of hydrogen-bond acceptors (Lipinski definition) is 7. The SMILES string of the molecule is COc1cc(C(=O)N2CCCC(C)(N)C2)cc2nc(-c3cc4ccc(N(C(F)F)S(C)(=O)=O)nc4n3CC3CC3)c(C)n12. The number of rotatable bonds is 8. The van der Waals surface area contributed by atoms with Crippen molar-refractivity contribution in [2.24, 2.45) is 11.7 Å². The van der Waals surface area contributed by atoms with Gasteiger partial charge in [-0.15, -0.1) is 0 Å². The lowest BCUT2D eigenvalue weighted by Crippen LogP contribution is -2.53. The van der Waals surface area contributed by atoms with Crippen molar-refractivity contribution in [2.45, 2.75) is 58.2 Å². The van der Waals surface area contributed by atoms with Crippen LogP contribution in [0, 0.1) is 12.8 Å². The summed E-state index contributed by atoms with van der Waals surface area (Å²) in [5, 5.41) is 0.663. The van der Waals surface area contributed by atoms with Gasteiger partial charge in [-0.25, -0.2) is 18.4 Å². The van der Waals surface area contributed by atoms with E-state index in [-0.39, 0.29) is 16.0 Å². The van der Waals surface area contributed by atoms with Gasteiger partial charge in [0.2, 0.25) is 10.0 Å². The van der Waals surface area contributed by atoms with E-state index in [2.05, 4.69) is 4.98 Å². The van der Waals surface area contributed by atoms with Gasteiger partial charge in [0.15, 0.2) is 5.88 Å². The Morgan fingerprint density at radius 2 is 1.98 bits per heavy atom. The summed E-state index contributed by atoms with van der Waals surface area (Å²) in [6.45, 7) is 2.21. The molecule has 1 aliphatic heterocycles. The fourth-order valence-corrected chi connectivity index (χ4v) is 6.74. The second-order valence-corrected chi connectivity index (χ2v) is 13.9. The van der Waals surface area contributed by atoms with Crippen molar-refractivity contribution in [3.8, 4) is 17.3 Å². The molecule has 4 aromatic heterocycles. The number of alkyl halides is 2. The third-order valence-electron chi connectivity index (χ3n) is 8.26. The van der Waals surface area contributed by atoms with Gasteiger partial charge in [0, 0.05) is 42.2 Å². The fraction of sp³-hybridized carbons (Fsp3) is 0.483. The number of ether oxygens (including phenoxy) is 1. The van der Waals surface area contributed by atoms with Crippen molar-refractivity contribution in [3.05, 3.63) is 41.6 Å². The Morgan fingerprint density at radius 3 is 2.60 bits per heavy atom. The van der Waals surface area contributed by atoms with Gasteiger partial charge >= 0.3 is 6.55 Å². The van der Waals surface area contributed by atoms with Crippen LogP contribution in [0.1, 0.15) is 48.7 Å². The first-order chi connectivity index (χ1) is 20.3. The topological polar surface area (TPSA) is 128 Å². The molecule has 5 heterocycles. The number of carbonyl (C=O) groups excluding carboxylic acids is 1. The number of carbonyl (C=O) groups is 1. The maximum Gasteiger partial charge on any atom is 0.329 e. The highest BCUT2D eigenvalue weighted by Crippen LogP contribution is 2.38. The van der Waals surface area contributed by atoms with Gasteiger partial charge in [0.25, 0.3) is 5.91 Å². The highest BCUT2D eigenvalue weighted by molar-refractivity contribution is 7.92. The van der Waals surface area contributed by atoms with Gasteiger partial charge in [-0.1, -0.05) is 0 Å². The second-order valence-electron chi connectivity index (χ2n) is 12.0. The average Bonchev–Trinajstić information content (AvgIpc) is 3.60. The number of halogens is 2. The minimum Gasteiger partial charge on any atom is -0.482 e. The van der Waals surface area contributed by atoms with Crippen molar-refractivity contribution < 1.29 is 26.7 Å². The van der Waals surface area contributed by atoms with E-state index in [1.807, 2.05) is 28.9 Å². The Labute approximate surface area is 248 Å². The van der Waals surface area contributed by atoms with Crippen LogP contribution in [0.5, 0.6) is 5.88 Å². The zero-order valence-electron chi connectivity index (χ0n) is 24.5. The molecule has 0 bridgehead atoms. The number of sulfonamides is 1. The standard InChI is InChI=1S/C29H35F2N7O4S/c1-17-25(33-23-13-20(14-24(42-3)37(17)23)27(39)35-11-5-10-29(2,32)16-35)21-12-19-8-9-22(38(28(30)31)43(4,40)41)34-26(19)36(21)15-18-6-7-18/h8-9,12-14,18,28H,5-7,10-11,15-16,32H2,1-4H3. The number of imidazole rings is 1. The van der Waals surface area contributed by atoms with E-state index in [0.29, 0.717) is 65.1 Å². The molecule has 2 aliphatic rings. The van der Waals surface area contributed by atoms with Gasteiger partial charge in [0.05, 0.1) is 24.8 Å². The fourth-order valence-electron chi connectivity index (χ4n) is 6.01. The number of hydrogen-bond donors (Lipinski definition) is 1. The lowest BCUT2D eigenvalue weighted by molar-refractivity contribution is 0.0656. The van der Waals surface area contributed by atoms with Crippen LogP contribution in [0.2, 0.25) is 0 Å². The minimum absolute atomic E-state index is 0.0235. The lowest BCUT2D eigenvalue weighted by atomic mass is 9.92. The summed E-state index contributed by atoms with van der Waals surface area (Å²) >= 11 is 0. The average molecular weight is 616 g/mol. The molecule has 1 saturated carbocycles. The van der Waals surface area contributed by atoms with Gasteiger partial charge in [-0.05, 0) is 69.7 Å². The number of methoxy groups -OCH3 is 1. The van der Waals surface area contributed by atoms with Crippen LogP contribution < -0.4 is 14.8 Å². The number of nitrogens with zero attached hydrogens (tertiary/aromatic N) is 6. The summed E-state index contributed by atoms with van der Waals surface area (Å²) in [7, 11) is -2.73. The molecule has 1 aliphatic carbocycles. The highest BCUT2D eigenvalue weighted by atomic mass is 32.2. The van der Waals surface area contributed by atoms with Crippen molar-refractivity contribution in [1.29, 1.82) is 0 Å². The van der Waals surface area contributed by atoms with Crippen molar-refractivity contribution in [1.82, 2.24) is 23.8 Å². The number of aromatic nitrogens is 4. The molecule has 230 valence electrons. The second kappa shape index (κ2) is 10.4. The third-order valence-corrected chi connectivity index (χ3v) is 9.32. The van der Waals surface area contributed by atoms with E-state index in [1.54, 1.807) is 23.1 Å². The summed E-state index contributed by atoms with van der Waals surface area (Å²) in [6.07, 6.45) is 4.44. The molecule has 6 rings (SSSR count). The van der Waals surface area contributed by atoms with Crippen LogP contribution in [0.15, 0.2) is 30.3 Å². The molecule has 4 aromatic rings. The Hall–Kier alpha value is -3.78. The van der Waals surface area contributed by atoms with Crippen LogP contribution >= 0.6 is 0 Å². The third kappa shape index (κ3) is 5.42. The summed E-state index contributed by atoms with van der Waals surface area (Å²) in [5.74, 6) is 0.327. The molecule has 0 aromatic carbocycles. The normalized spacial score (nSPS) is 19.5. The Balaban J connectivity index is 1.48. The van der Waals surface area contributed by atoms with E-state index in [9.17, 15) is 22.0 Å². The van der Waals surface area contributed by atoms with E-state index >= 15 is 0 Å². The smallest absolute Gasteiger partial charge is 0.329 e. The van der Waals surface area contributed by atoms with Crippen LogP contribution in [0.25, 0.3) is 28.1 Å². The Morgan fingerprint density at radius 1 is 1.23 bits per heavy atom. The number of nitrogens with two attached hydrogens (primary N) is 1. The number of aryl methyl sites for hydroxylation is 1. The summed E-state index contributed by atoms with van der Waals surface area (Å²) < 4.78 is 61.4. The molecule has 43 heavy (non-hydrogen) atoms. The first kappa shape index (κ1) is 29.3. The number of pyridine rings is 2. The molecule has 1 unspecified atom stereocenters. The first-order valence-corrected chi connectivity index (χ1v) is 16.1. The maximum atomic E-state index is 13.8. The quantitative estimate of drug-likeness (QED) is 0.297.